The number of aromatic nitrogens is 3. The van der Waals surface area contributed by atoms with Crippen LogP contribution < -0.4 is 0 Å². The summed E-state index contributed by atoms with van der Waals surface area (Å²) in [6.45, 7) is 0.439. The molecule has 0 unspecified atom stereocenters. The van der Waals surface area contributed by atoms with Gasteiger partial charge in [-0.1, -0.05) is 11.6 Å². The molecule has 0 aliphatic carbocycles. The molecule has 5 nitrogen and oxygen atoms in total. The zero-order chi connectivity index (χ0) is 16.4. The summed E-state index contributed by atoms with van der Waals surface area (Å²) in [5.41, 5.74) is 1.48. The van der Waals surface area contributed by atoms with Crippen molar-refractivity contribution >= 4 is 17.6 Å². The number of rotatable bonds is 4. The summed E-state index contributed by atoms with van der Waals surface area (Å²) in [6, 6.07) is 7.12. The maximum Gasteiger partial charge on any atom is 0.354 e. The van der Waals surface area contributed by atoms with Crippen LogP contribution in [0, 0.1) is 5.82 Å². The van der Waals surface area contributed by atoms with Crippen LogP contribution in [0.4, 0.5) is 4.39 Å². The van der Waals surface area contributed by atoms with E-state index in [0.29, 0.717) is 17.8 Å². The van der Waals surface area contributed by atoms with Crippen molar-refractivity contribution in [1.82, 2.24) is 14.5 Å². The minimum absolute atomic E-state index is 0.0991. The maximum absolute atomic E-state index is 13.2. The third-order valence-electron chi connectivity index (χ3n) is 3.24. The molecule has 23 heavy (non-hydrogen) atoms. The number of halogens is 2. The summed E-state index contributed by atoms with van der Waals surface area (Å²) in [4.78, 5) is 19.3. The van der Waals surface area contributed by atoms with E-state index in [9.17, 15) is 14.3 Å². The fraction of sp³-hybridized carbons (Fsp3) is 0.0625. The second kappa shape index (κ2) is 6.18. The molecule has 0 aliphatic rings. The van der Waals surface area contributed by atoms with Gasteiger partial charge in [0.05, 0.1) is 17.0 Å². The minimum Gasteiger partial charge on any atom is -0.477 e. The van der Waals surface area contributed by atoms with Crippen molar-refractivity contribution in [1.29, 1.82) is 0 Å². The van der Waals surface area contributed by atoms with Crippen LogP contribution in [0.2, 0.25) is 5.02 Å². The first-order valence-electron chi connectivity index (χ1n) is 6.68. The second-order valence-corrected chi connectivity index (χ2v) is 5.32. The molecule has 0 aliphatic heterocycles. The molecular weight excluding hydrogens is 321 g/mol. The highest BCUT2D eigenvalue weighted by atomic mass is 35.5. The van der Waals surface area contributed by atoms with Crippen LogP contribution in [0.15, 0.2) is 49.1 Å². The van der Waals surface area contributed by atoms with Crippen LogP contribution in [-0.2, 0) is 6.54 Å². The molecule has 2 heterocycles. The summed E-state index contributed by atoms with van der Waals surface area (Å²) >= 11 is 6.05. The number of pyridine rings is 1. The van der Waals surface area contributed by atoms with E-state index >= 15 is 0 Å². The van der Waals surface area contributed by atoms with Gasteiger partial charge in [0.2, 0.25) is 0 Å². The van der Waals surface area contributed by atoms with Crippen LogP contribution in [0.25, 0.3) is 11.3 Å². The molecule has 0 bridgehead atoms. The molecule has 0 fully saturated rings. The number of carboxylic acid groups (broad SMARTS) is 1. The number of hydrogen-bond donors (Lipinski definition) is 1. The average molecular weight is 332 g/mol. The molecule has 0 amide bonds. The Morgan fingerprint density at radius 3 is 2.78 bits per heavy atom. The number of imidazole rings is 1. The maximum atomic E-state index is 13.2. The van der Waals surface area contributed by atoms with E-state index in [1.165, 1.54) is 24.3 Å². The van der Waals surface area contributed by atoms with E-state index < -0.39 is 11.8 Å². The van der Waals surface area contributed by atoms with Crippen molar-refractivity contribution in [3.8, 4) is 11.3 Å². The zero-order valence-corrected chi connectivity index (χ0v) is 12.5. The Bertz CT molecular complexity index is 866. The number of hydrogen-bond acceptors (Lipinski definition) is 3. The number of benzene rings is 1. The molecule has 7 heteroatoms. The Kier molecular flexibility index (Phi) is 4.08. The summed E-state index contributed by atoms with van der Waals surface area (Å²) in [5.74, 6) is -1.61. The van der Waals surface area contributed by atoms with Gasteiger partial charge in [0, 0.05) is 24.5 Å². The van der Waals surface area contributed by atoms with Crippen LogP contribution in [0.3, 0.4) is 0 Å². The monoisotopic (exact) mass is 331 g/mol. The van der Waals surface area contributed by atoms with Gasteiger partial charge in [-0.25, -0.2) is 19.2 Å². The summed E-state index contributed by atoms with van der Waals surface area (Å²) < 4.78 is 15.0. The van der Waals surface area contributed by atoms with Crippen molar-refractivity contribution in [3.63, 3.8) is 0 Å². The lowest BCUT2D eigenvalue weighted by Gasteiger charge is -2.09. The van der Waals surface area contributed by atoms with Crippen molar-refractivity contribution in [2.75, 3.05) is 0 Å². The van der Waals surface area contributed by atoms with Crippen LogP contribution in [-0.4, -0.2) is 25.6 Å². The first kappa shape index (κ1) is 15.2. The van der Waals surface area contributed by atoms with Crippen molar-refractivity contribution in [3.05, 3.63) is 71.2 Å². The Morgan fingerprint density at radius 1 is 1.30 bits per heavy atom. The zero-order valence-electron chi connectivity index (χ0n) is 11.8. The van der Waals surface area contributed by atoms with Gasteiger partial charge in [0.15, 0.2) is 0 Å². The van der Waals surface area contributed by atoms with Gasteiger partial charge in [0.1, 0.15) is 11.5 Å². The quantitative estimate of drug-likeness (QED) is 0.794. The fourth-order valence-electron chi connectivity index (χ4n) is 2.21. The van der Waals surface area contributed by atoms with E-state index in [2.05, 4.69) is 9.97 Å². The molecule has 0 saturated carbocycles. The molecule has 3 rings (SSSR count). The number of nitrogens with zero attached hydrogens (tertiary/aromatic N) is 3. The van der Waals surface area contributed by atoms with Crippen molar-refractivity contribution < 1.29 is 14.3 Å². The lowest BCUT2D eigenvalue weighted by molar-refractivity contribution is 0.0690. The van der Waals surface area contributed by atoms with Gasteiger partial charge in [-0.2, -0.15) is 0 Å². The third-order valence-corrected chi connectivity index (χ3v) is 3.55. The van der Waals surface area contributed by atoms with Gasteiger partial charge in [-0.3, -0.25) is 0 Å². The van der Waals surface area contributed by atoms with Crippen molar-refractivity contribution in [2.45, 2.75) is 6.54 Å². The Balaban J connectivity index is 2.08. The average Bonchev–Trinajstić information content (AvgIpc) is 2.99. The molecule has 2 aromatic heterocycles. The van der Waals surface area contributed by atoms with Gasteiger partial charge in [0.25, 0.3) is 0 Å². The number of aromatic carboxylic acids is 1. The van der Waals surface area contributed by atoms with E-state index in [4.69, 9.17) is 11.6 Å². The highest BCUT2D eigenvalue weighted by Gasteiger charge is 2.13. The van der Waals surface area contributed by atoms with Gasteiger partial charge in [-0.15, -0.1) is 0 Å². The predicted octanol–water partition coefficient (Wildman–Crippen LogP) is 3.48. The first-order valence-corrected chi connectivity index (χ1v) is 7.06. The lowest BCUT2D eigenvalue weighted by atomic mass is 10.1. The molecule has 3 aromatic rings. The fourth-order valence-corrected chi connectivity index (χ4v) is 2.48. The molecular formula is C16H11ClFN3O2. The van der Waals surface area contributed by atoms with E-state index in [1.807, 2.05) is 0 Å². The summed E-state index contributed by atoms with van der Waals surface area (Å²) in [7, 11) is 0. The Morgan fingerprint density at radius 2 is 2.13 bits per heavy atom. The normalized spacial score (nSPS) is 10.7. The van der Waals surface area contributed by atoms with Crippen LogP contribution >= 0.6 is 11.6 Å². The predicted molar refractivity (Wildman–Crippen MR) is 82.9 cm³/mol. The molecule has 1 N–H and O–H groups in total. The molecule has 0 radical (unpaired) electrons. The lowest BCUT2D eigenvalue weighted by Crippen LogP contribution is -2.05. The first-order chi connectivity index (χ1) is 11.0. The molecule has 1 aromatic carbocycles. The molecule has 0 saturated heterocycles. The molecule has 116 valence electrons. The highest BCUT2D eigenvalue weighted by molar-refractivity contribution is 6.33. The standard InChI is InChI=1S/C16H11ClFN3O2/c17-13-7-11(18)1-2-12(13)14-5-10(6-15(20-14)16(22)23)8-21-4-3-19-9-21/h1-7,9H,8H2,(H,22,23). The molecule has 0 atom stereocenters. The Hall–Kier alpha value is -2.73. The SMILES string of the molecule is O=C(O)c1cc(Cn2ccnc2)cc(-c2ccc(F)cc2Cl)n1. The minimum atomic E-state index is -1.14. The smallest absolute Gasteiger partial charge is 0.354 e. The molecule has 0 spiro atoms. The van der Waals surface area contributed by atoms with E-state index in [1.54, 1.807) is 29.4 Å². The second-order valence-electron chi connectivity index (χ2n) is 4.91. The van der Waals surface area contributed by atoms with E-state index in [-0.39, 0.29) is 10.7 Å². The largest absolute Gasteiger partial charge is 0.477 e. The van der Waals surface area contributed by atoms with Crippen LogP contribution in [0.5, 0.6) is 0 Å². The van der Waals surface area contributed by atoms with Gasteiger partial charge in [-0.05, 0) is 35.9 Å². The van der Waals surface area contributed by atoms with Crippen molar-refractivity contribution in [2.24, 2.45) is 0 Å². The summed E-state index contributed by atoms with van der Waals surface area (Å²) in [5, 5.41) is 9.42. The number of carboxylic acids is 1. The topological polar surface area (TPSA) is 68.0 Å². The van der Waals surface area contributed by atoms with Gasteiger partial charge < -0.3 is 9.67 Å². The highest BCUT2D eigenvalue weighted by Crippen LogP contribution is 2.28. The van der Waals surface area contributed by atoms with Gasteiger partial charge >= 0.3 is 5.97 Å². The number of carbonyl (C=O) groups is 1. The summed E-state index contributed by atoms with van der Waals surface area (Å²) in [6.07, 6.45) is 5.04. The Labute approximate surface area is 136 Å². The van der Waals surface area contributed by atoms with E-state index in [0.717, 1.165) is 5.56 Å². The third kappa shape index (κ3) is 3.37. The van der Waals surface area contributed by atoms with Crippen LogP contribution in [0.1, 0.15) is 16.1 Å².